The number of hydrogen-bond donors (Lipinski definition) is 2. The van der Waals surface area contributed by atoms with Crippen LogP contribution in [0.3, 0.4) is 0 Å². The number of anilines is 1. The maximum atomic E-state index is 13.1. The number of benzene rings is 2. The predicted molar refractivity (Wildman–Crippen MR) is 120 cm³/mol. The highest BCUT2D eigenvalue weighted by molar-refractivity contribution is 6.52. The number of carbonyl (C=O) groups is 2. The van der Waals surface area contributed by atoms with Gasteiger partial charge in [0.25, 0.3) is 11.7 Å². The highest BCUT2D eigenvalue weighted by Gasteiger charge is 2.48. The van der Waals surface area contributed by atoms with Crippen molar-refractivity contribution in [2.24, 2.45) is 0 Å². The van der Waals surface area contributed by atoms with Crippen LogP contribution < -0.4 is 9.64 Å². The Hall–Kier alpha value is -3.84. The third kappa shape index (κ3) is 3.56. The predicted octanol–water partition coefficient (Wildman–Crippen LogP) is 4.38. The Bertz CT molecular complexity index is 1260. The smallest absolute Gasteiger partial charge is 0.300 e. The number of amides is 1. The van der Waals surface area contributed by atoms with E-state index < -0.39 is 17.7 Å². The molecule has 1 aliphatic rings. The van der Waals surface area contributed by atoms with Crippen LogP contribution >= 0.6 is 11.6 Å². The van der Waals surface area contributed by atoms with Gasteiger partial charge in [0.1, 0.15) is 17.3 Å². The minimum absolute atomic E-state index is 0.0546. The van der Waals surface area contributed by atoms with Crippen LogP contribution in [0, 0.1) is 6.92 Å². The number of pyridine rings is 1. The summed E-state index contributed by atoms with van der Waals surface area (Å²) < 4.78 is 5.21. The lowest BCUT2D eigenvalue weighted by atomic mass is 9.94. The molecule has 1 aromatic heterocycles. The van der Waals surface area contributed by atoms with Gasteiger partial charge in [0.05, 0.1) is 24.4 Å². The van der Waals surface area contributed by atoms with Crippen LogP contribution in [0.25, 0.3) is 5.76 Å². The van der Waals surface area contributed by atoms with Gasteiger partial charge in [-0.25, -0.2) is 0 Å². The van der Waals surface area contributed by atoms with Crippen LogP contribution in [0.2, 0.25) is 5.02 Å². The van der Waals surface area contributed by atoms with Crippen LogP contribution in [-0.4, -0.2) is 34.0 Å². The molecule has 4 rings (SSSR count). The number of ether oxygens (including phenoxy) is 1. The number of phenolic OH excluding ortho intramolecular Hbond substituents is 1. The van der Waals surface area contributed by atoms with E-state index in [2.05, 4.69) is 4.98 Å². The number of rotatable bonds is 4. The van der Waals surface area contributed by atoms with Crippen LogP contribution in [0.5, 0.6) is 11.5 Å². The third-order valence-corrected chi connectivity index (χ3v) is 5.57. The molecule has 32 heavy (non-hydrogen) atoms. The summed E-state index contributed by atoms with van der Waals surface area (Å²) >= 11 is 6.10. The molecular weight excluding hydrogens is 432 g/mol. The molecule has 1 saturated heterocycles. The molecule has 0 bridgehead atoms. The largest absolute Gasteiger partial charge is 0.507 e. The van der Waals surface area contributed by atoms with Crippen LogP contribution in [0.4, 0.5) is 5.69 Å². The molecule has 162 valence electrons. The number of methoxy groups -OCH3 is 1. The molecule has 1 unspecified atom stereocenters. The number of aromatic nitrogens is 1. The molecular formula is C24H19ClN2O5. The molecule has 1 aliphatic heterocycles. The topological polar surface area (TPSA) is 100.0 Å². The van der Waals surface area contributed by atoms with Crippen molar-refractivity contribution in [3.05, 3.63) is 88.2 Å². The summed E-state index contributed by atoms with van der Waals surface area (Å²) in [5, 5.41) is 21.9. The fourth-order valence-electron chi connectivity index (χ4n) is 3.80. The fraction of sp³-hybridized carbons (Fsp3) is 0.125. The van der Waals surface area contributed by atoms with E-state index in [-0.39, 0.29) is 27.8 Å². The highest BCUT2D eigenvalue weighted by Crippen LogP contribution is 2.45. The van der Waals surface area contributed by atoms with Crippen molar-refractivity contribution in [2.75, 3.05) is 12.0 Å². The molecule has 3 aromatic rings. The zero-order chi connectivity index (χ0) is 23.0. The minimum atomic E-state index is -1.02. The van der Waals surface area contributed by atoms with E-state index >= 15 is 0 Å². The molecule has 2 aromatic carbocycles. The van der Waals surface area contributed by atoms with E-state index in [0.717, 1.165) is 4.90 Å². The van der Waals surface area contributed by atoms with Gasteiger partial charge in [-0.15, -0.1) is 0 Å². The first kappa shape index (κ1) is 21.4. The lowest BCUT2D eigenvalue weighted by Crippen LogP contribution is -2.29. The lowest BCUT2D eigenvalue weighted by Gasteiger charge is -2.26. The van der Waals surface area contributed by atoms with E-state index in [9.17, 15) is 19.8 Å². The van der Waals surface area contributed by atoms with Crippen molar-refractivity contribution in [3.8, 4) is 11.5 Å². The molecule has 1 atom stereocenters. The molecule has 0 radical (unpaired) electrons. The van der Waals surface area contributed by atoms with Gasteiger partial charge < -0.3 is 14.9 Å². The van der Waals surface area contributed by atoms with Gasteiger partial charge in [-0.2, -0.15) is 0 Å². The van der Waals surface area contributed by atoms with Crippen molar-refractivity contribution >= 4 is 34.7 Å². The Kier molecular flexibility index (Phi) is 5.59. The maximum absolute atomic E-state index is 13.1. The number of aryl methyl sites for hydroxylation is 1. The normalized spacial score (nSPS) is 17.6. The summed E-state index contributed by atoms with van der Waals surface area (Å²) in [6.07, 6.45) is 3.06. The molecule has 0 aliphatic carbocycles. The number of aliphatic hydroxyl groups excluding tert-OH is 1. The van der Waals surface area contributed by atoms with Gasteiger partial charge in [0.2, 0.25) is 0 Å². The number of Topliss-reactive ketones (excluding diaryl/α,β-unsaturated/α-hetero) is 1. The average molecular weight is 451 g/mol. The number of carbonyl (C=O) groups excluding carboxylic acids is 2. The van der Waals surface area contributed by atoms with Crippen LogP contribution in [-0.2, 0) is 9.59 Å². The molecule has 1 amide bonds. The maximum Gasteiger partial charge on any atom is 0.300 e. The number of halogens is 1. The summed E-state index contributed by atoms with van der Waals surface area (Å²) in [7, 11) is 1.53. The Balaban J connectivity index is 1.97. The summed E-state index contributed by atoms with van der Waals surface area (Å²) in [6, 6.07) is 11.5. The number of nitrogens with zero attached hydrogens (tertiary/aromatic N) is 2. The summed E-state index contributed by atoms with van der Waals surface area (Å²) in [5.41, 5.74) is 1.46. The standard InChI is InChI=1S/C24H19ClN2O5/c1-13-10-16(32-2)6-7-17(13)22(29)20-21(14-4-3-9-26-12-14)27(24(31)23(20)30)18-11-15(25)5-8-19(18)28/h3-12,21,28-29H,1-2H3/b22-20-. The average Bonchev–Trinajstić information content (AvgIpc) is 3.06. The SMILES string of the molecule is COc1ccc(/C(O)=C2/C(=O)C(=O)N(c3cc(Cl)ccc3O)C2c2cccnc2)c(C)c1. The monoisotopic (exact) mass is 450 g/mol. The molecule has 1 fully saturated rings. The first-order valence-corrected chi connectivity index (χ1v) is 10.1. The minimum Gasteiger partial charge on any atom is -0.507 e. The molecule has 2 heterocycles. The van der Waals surface area contributed by atoms with Gasteiger partial charge in [0, 0.05) is 23.0 Å². The Labute approximate surface area is 189 Å². The highest BCUT2D eigenvalue weighted by atomic mass is 35.5. The van der Waals surface area contributed by atoms with Crippen molar-refractivity contribution < 1.29 is 24.5 Å². The van der Waals surface area contributed by atoms with Crippen molar-refractivity contribution in [1.29, 1.82) is 0 Å². The van der Waals surface area contributed by atoms with Gasteiger partial charge >= 0.3 is 0 Å². The number of ketones is 1. The van der Waals surface area contributed by atoms with E-state index in [0.29, 0.717) is 22.4 Å². The van der Waals surface area contributed by atoms with Crippen molar-refractivity contribution in [1.82, 2.24) is 4.98 Å². The molecule has 0 spiro atoms. The lowest BCUT2D eigenvalue weighted by molar-refractivity contribution is -0.132. The van der Waals surface area contributed by atoms with E-state index in [1.54, 1.807) is 43.5 Å². The summed E-state index contributed by atoms with van der Waals surface area (Å²) in [4.78, 5) is 31.5. The summed E-state index contributed by atoms with van der Waals surface area (Å²) in [6.45, 7) is 1.76. The number of aromatic hydroxyl groups is 1. The van der Waals surface area contributed by atoms with Gasteiger partial charge in [-0.05, 0) is 60.5 Å². The number of hydrogen-bond acceptors (Lipinski definition) is 6. The van der Waals surface area contributed by atoms with Gasteiger partial charge in [-0.1, -0.05) is 17.7 Å². The first-order valence-electron chi connectivity index (χ1n) is 9.68. The Morgan fingerprint density at radius 2 is 1.94 bits per heavy atom. The van der Waals surface area contributed by atoms with Crippen molar-refractivity contribution in [2.45, 2.75) is 13.0 Å². The van der Waals surface area contributed by atoms with Gasteiger partial charge in [0.15, 0.2) is 0 Å². The molecule has 0 saturated carbocycles. The fourth-order valence-corrected chi connectivity index (χ4v) is 3.96. The van der Waals surface area contributed by atoms with E-state index in [4.69, 9.17) is 16.3 Å². The van der Waals surface area contributed by atoms with Crippen molar-refractivity contribution in [3.63, 3.8) is 0 Å². The first-order chi connectivity index (χ1) is 15.3. The second kappa shape index (κ2) is 8.36. The van der Waals surface area contributed by atoms with Gasteiger partial charge in [-0.3, -0.25) is 19.5 Å². The Morgan fingerprint density at radius 1 is 1.16 bits per heavy atom. The molecule has 7 nitrogen and oxygen atoms in total. The van der Waals surface area contributed by atoms with E-state index in [1.807, 2.05) is 0 Å². The van der Waals surface area contributed by atoms with E-state index in [1.165, 1.54) is 31.5 Å². The number of aliphatic hydroxyl groups is 1. The summed E-state index contributed by atoms with van der Waals surface area (Å²) in [5.74, 6) is -1.76. The Morgan fingerprint density at radius 3 is 2.59 bits per heavy atom. The molecule has 2 N–H and O–H groups in total. The zero-order valence-electron chi connectivity index (χ0n) is 17.2. The number of phenols is 1. The second-order valence-electron chi connectivity index (χ2n) is 7.27. The quantitative estimate of drug-likeness (QED) is 0.347. The zero-order valence-corrected chi connectivity index (χ0v) is 18.0. The third-order valence-electron chi connectivity index (χ3n) is 5.33. The molecule has 8 heteroatoms. The second-order valence-corrected chi connectivity index (χ2v) is 7.71. The van der Waals surface area contributed by atoms with Crippen LogP contribution in [0.15, 0.2) is 66.5 Å². The van der Waals surface area contributed by atoms with Crippen LogP contribution in [0.1, 0.15) is 22.7 Å².